The zero-order chi connectivity index (χ0) is 9.47. The van der Waals surface area contributed by atoms with Gasteiger partial charge in [0.25, 0.3) is 0 Å². The number of hydrogen-bond acceptors (Lipinski definition) is 2. The number of esters is 1. The molecule has 0 amide bonds. The molecule has 0 saturated carbocycles. The Balaban J connectivity index is 2.25. The minimum atomic E-state index is -0.0304. The molecule has 0 aromatic heterocycles. The van der Waals surface area contributed by atoms with Gasteiger partial charge < -0.3 is 4.74 Å². The van der Waals surface area contributed by atoms with Gasteiger partial charge in [-0.05, 0) is 29.7 Å². The molecule has 13 heavy (non-hydrogen) atoms. The first-order chi connectivity index (χ1) is 6.09. The van der Waals surface area contributed by atoms with Gasteiger partial charge in [0, 0.05) is 0 Å². The molecule has 1 aliphatic carbocycles. The molecule has 2 heteroatoms. The van der Waals surface area contributed by atoms with Crippen molar-refractivity contribution in [3.63, 3.8) is 0 Å². The van der Waals surface area contributed by atoms with E-state index in [-0.39, 0.29) is 11.4 Å². The molecule has 1 unspecified atom stereocenters. The van der Waals surface area contributed by atoms with Crippen LogP contribution in [-0.4, -0.2) is 12.6 Å². The van der Waals surface area contributed by atoms with Crippen molar-refractivity contribution in [3.05, 3.63) is 11.6 Å². The van der Waals surface area contributed by atoms with Gasteiger partial charge in [-0.25, -0.2) is 0 Å². The van der Waals surface area contributed by atoms with Crippen LogP contribution in [0.15, 0.2) is 11.6 Å². The van der Waals surface area contributed by atoms with Gasteiger partial charge in [0.1, 0.15) is 6.61 Å². The Kier molecular flexibility index (Phi) is 1.94. The highest BCUT2D eigenvalue weighted by Crippen LogP contribution is 2.44. The molecule has 1 atom stereocenters. The van der Waals surface area contributed by atoms with Crippen molar-refractivity contribution in [1.82, 2.24) is 0 Å². The van der Waals surface area contributed by atoms with E-state index in [2.05, 4.69) is 19.9 Å². The van der Waals surface area contributed by atoms with Crippen molar-refractivity contribution in [2.75, 3.05) is 6.61 Å². The lowest BCUT2D eigenvalue weighted by molar-refractivity contribution is -0.148. The molecule has 0 spiro atoms. The van der Waals surface area contributed by atoms with E-state index in [1.165, 1.54) is 12.0 Å². The first kappa shape index (κ1) is 8.79. The number of rotatable bonds is 0. The molecule has 1 heterocycles. The SMILES string of the molecule is CC1(C)CCC=C2COC(=O)CC21. The maximum absolute atomic E-state index is 11.2. The minimum absolute atomic E-state index is 0.0304. The largest absolute Gasteiger partial charge is 0.461 e. The summed E-state index contributed by atoms with van der Waals surface area (Å²) in [5.41, 5.74) is 1.62. The topological polar surface area (TPSA) is 26.3 Å². The normalized spacial score (nSPS) is 31.7. The molecular weight excluding hydrogens is 164 g/mol. The van der Waals surface area contributed by atoms with Crippen LogP contribution in [0.25, 0.3) is 0 Å². The highest BCUT2D eigenvalue weighted by atomic mass is 16.5. The fourth-order valence-electron chi connectivity index (χ4n) is 2.40. The second kappa shape index (κ2) is 2.86. The molecule has 2 nitrogen and oxygen atoms in total. The molecule has 0 N–H and O–H groups in total. The van der Waals surface area contributed by atoms with Gasteiger partial charge in [-0.3, -0.25) is 4.79 Å². The number of carbonyl (C=O) groups is 1. The number of fused-ring (bicyclic) bond motifs is 1. The number of hydrogen-bond donors (Lipinski definition) is 0. The monoisotopic (exact) mass is 180 g/mol. The van der Waals surface area contributed by atoms with Crippen molar-refractivity contribution in [1.29, 1.82) is 0 Å². The van der Waals surface area contributed by atoms with E-state index in [0.29, 0.717) is 18.9 Å². The third-order valence-electron chi connectivity index (χ3n) is 3.36. The molecule has 0 aromatic carbocycles. The van der Waals surface area contributed by atoms with E-state index >= 15 is 0 Å². The first-order valence-electron chi connectivity index (χ1n) is 4.94. The quantitative estimate of drug-likeness (QED) is 0.422. The van der Waals surface area contributed by atoms with Crippen LogP contribution >= 0.6 is 0 Å². The van der Waals surface area contributed by atoms with Crippen LogP contribution in [0, 0.1) is 11.3 Å². The van der Waals surface area contributed by atoms with Crippen LogP contribution in [0.1, 0.15) is 33.1 Å². The summed E-state index contributed by atoms with van der Waals surface area (Å²) in [6, 6.07) is 0. The Morgan fingerprint density at radius 2 is 2.31 bits per heavy atom. The van der Waals surface area contributed by atoms with Crippen molar-refractivity contribution < 1.29 is 9.53 Å². The van der Waals surface area contributed by atoms with Gasteiger partial charge in [-0.15, -0.1) is 0 Å². The van der Waals surface area contributed by atoms with Crippen molar-refractivity contribution in [2.45, 2.75) is 33.1 Å². The Hall–Kier alpha value is -0.790. The van der Waals surface area contributed by atoms with E-state index in [9.17, 15) is 4.79 Å². The third-order valence-corrected chi connectivity index (χ3v) is 3.36. The smallest absolute Gasteiger partial charge is 0.306 e. The number of cyclic esters (lactones) is 1. The van der Waals surface area contributed by atoms with Crippen molar-refractivity contribution >= 4 is 5.97 Å². The Morgan fingerprint density at radius 1 is 1.54 bits per heavy atom. The summed E-state index contributed by atoms with van der Waals surface area (Å²) >= 11 is 0. The fraction of sp³-hybridized carbons (Fsp3) is 0.727. The van der Waals surface area contributed by atoms with Crippen LogP contribution in [0.4, 0.5) is 0 Å². The number of ether oxygens (including phenoxy) is 1. The Bertz CT molecular complexity index is 263. The zero-order valence-corrected chi connectivity index (χ0v) is 8.30. The average Bonchev–Trinajstić information content (AvgIpc) is 2.06. The summed E-state index contributed by atoms with van der Waals surface area (Å²) in [4.78, 5) is 11.2. The molecule has 1 saturated heterocycles. The van der Waals surface area contributed by atoms with Crippen molar-refractivity contribution in [3.8, 4) is 0 Å². The fourth-order valence-corrected chi connectivity index (χ4v) is 2.40. The summed E-state index contributed by atoms with van der Waals surface area (Å²) in [6.07, 6.45) is 5.16. The molecule has 2 rings (SSSR count). The summed E-state index contributed by atoms with van der Waals surface area (Å²) in [5.74, 6) is 0.402. The van der Waals surface area contributed by atoms with Crippen LogP contribution in [0.3, 0.4) is 0 Å². The molecule has 1 aliphatic heterocycles. The zero-order valence-electron chi connectivity index (χ0n) is 8.30. The standard InChI is InChI=1S/C11H16O2/c1-11(2)5-3-4-8-7-13-10(12)6-9(8)11/h4,9H,3,5-7H2,1-2H3. The predicted octanol–water partition coefficient (Wildman–Crippen LogP) is 2.30. The minimum Gasteiger partial charge on any atom is -0.461 e. The molecule has 0 radical (unpaired) electrons. The lowest BCUT2D eigenvalue weighted by atomic mass is 9.66. The van der Waals surface area contributed by atoms with Crippen molar-refractivity contribution in [2.24, 2.45) is 11.3 Å². The molecule has 0 bridgehead atoms. The van der Waals surface area contributed by atoms with Crippen LogP contribution in [0.2, 0.25) is 0 Å². The predicted molar refractivity (Wildman–Crippen MR) is 50.2 cm³/mol. The van der Waals surface area contributed by atoms with E-state index in [0.717, 1.165) is 6.42 Å². The average molecular weight is 180 g/mol. The lowest BCUT2D eigenvalue weighted by Gasteiger charge is -2.41. The summed E-state index contributed by atoms with van der Waals surface area (Å²) in [7, 11) is 0. The number of allylic oxidation sites excluding steroid dienone is 1. The summed E-state index contributed by atoms with van der Waals surface area (Å²) in [6.45, 7) is 5.04. The van der Waals surface area contributed by atoms with Crippen LogP contribution in [0.5, 0.6) is 0 Å². The van der Waals surface area contributed by atoms with E-state index in [1.807, 2.05) is 0 Å². The van der Waals surface area contributed by atoms with E-state index in [4.69, 9.17) is 4.74 Å². The summed E-state index contributed by atoms with van der Waals surface area (Å²) < 4.78 is 5.03. The maximum atomic E-state index is 11.2. The van der Waals surface area contributed by atoms with Gasteiger partial charge in [0.15, 0.2) is 0 Å². The highest BCUT2D eigenvalue weighted by Gasteiger charge is 2.38. The first-order valence-corrected chi connectivity index (χ1v) is 4.94. The van der Waals surface area contributed by atoms with Crippen LogP contribution in [-0.2, 0) is 9.53 Å². The molecular formula is C11H16O2. The van der Waals surface area contributed by atoms with Gasteiger partial charge in [0.05, 0.1) is 6.42 Å². The van der Waals surface area contributed by atoms with Gasteiger partial charge in [0.2, 0.25) is 0 Å². The lowest BCUT2D eigenvalue weighted by Crippen LogP contribution is -2.36. The van der Waals surface area contributed by atoms with E-state index < -0.39 is 0 Å². The molecule has 2 aliphatic rings. The maximum Gasteiger partial charge on any atom is 0.306 e. The van der Waals surface area contributed by atoms with Crippen LogP contribution < -0.4 is 0 Å². The molecule has 72 valence electrons. The van der Waals surface area contributed by atoms with Gasteiger partial charge >= 0.3 is 5.97 Å². The number of carbonyl (C=O) groups excluding carboxylic acids is 1. The second-order valence-corrected chi connectivity index (χ2v) is 4.72. The Labute approximate surface area is 79.0 Å². The van der Waals surface area contributed by atoms with Gasteiger partial charge in [-0.1, -0.05) is 19.9 Å². The third kappa shape index (κ3) is 1.50. The molecule has 0 aromatic rings. The second-order valence-electron chi connectivity index (χ2n) is 4.72. The van der Waals surface area contributed by atoms with Gasteiger partial charge in [-0.2, -0.15) is 0 Å². The Morgan fingerprint density at radius 3 is 3.08 bits per heavy atom. The molecule has 1 fully saturated rings. The van der Waals surface area contributed by atoms with E-state index in [1.54, 1.807) is 0 Å². The summed E-state index contributed by atoms with van der Waals surface area (Å²) in [5, 5.41) is 0. The highest BCUT2D eigenvalue weighted by molar-refractivity contribution is 5.72.